The fraction of sp³-hybridized carbons (Fsp3) is 0.0952. The fourth-order valence-corrected chi connectivity index (χ4v) is 3.39. The third kappa shape index (κ3) is 2.07. The molecule has 0 aromatic heterocycles. The second kappa shape index (κ2) is 5.40. The van der Waals surface area contributed by atoms with E-state index in [-0.39, 0.29) is 11.9 Å². The lowest BCUT2D eigenvalue weighted by Crippen LogP contribution is -2.53. The molecule has 1 aliphatic heterocycles. The van der Waals surface area contributed by atoms with Crippen LogP contribution in [0, 0.1) is 0 Å². The summed E-state index contributed by atoms with van der Waals surface area (Å²) in [7, 11) is 0. The van der Waals surface area contributed by atoms with Crippen LogP contribution in [-0.4, -0.2) is 5.97 Å². The van der Waals surface area contributed by atoms with Gasteiger partial charge in [0.05, 0.1) is 0 Å². The molecule has 23 heavy (non-hydrogen) atoms. The molecule has 0 unspecified atom stereocenters. The summed E-state index contributed by atoms with van der Waals surface area (Å²) in [6.07, 6.45) is 0. The first kappa shape index (κ1) is 13.8. The van der Waals surface area contributed by atoms with Gasteiger partial charge >= 0.3 is 5.97 Å². The molecule has 0 aliphatic carbocycles. The molecule has 0 amide bonds. The number of rotatable bonds is 3. The molecule has 0 radical (unpaired) electrons. The Kier molecular flexibility index (Phi) is 3.23. The SMILES string of the molecule is O=C1OC(c2ccccc2)(c2ccccc2)[C@@H]1c1ccccc1. The molecule has 1 heterocycles. The Labute approximate surface area is 135 Å². The standard InChI is InChI=1S/C21H16O2/c22-20-19(16-10-4-1-5-11-16)21(23-20,17-12-6-2-7-13-17)18-14-8-3-9-15-18/h1-15,19H/t19-/m1/s1. The molecule has 0 bridgehead atoms. The molecule has 0 N–H and O–H groups in total. The van der Waals surface area contributed by atoms with Gasteiger partial charge in [-0.05, 0) is 5.56 Å². The molecule has 3 aromatic carbocycles. The van der Waals surface area contributed by atoms with Gasteiger partial charge < -0.3 is 4.74 Å². The maximum Gasteiger partial charge on any atom is 0.319 e. The van der Waals surface area contributed by atoms with E-state index in [9.17, 15) is 4.79 Å². The predicted molar refractivity (Wildman–Crippen MR) is 88.9 cm³/mol. The first-order valence-corrected chi connectivity index (χ1v) is 7.71. The fourth-order valence-electron chi connectivity index (χ4n) is 3.39. The Hall–Kier alpha value is -2.87. The van der Waals surface area contributed by atoms with Crippen molar-refractivity contribution in [2.75, 3.05) is 0 Å². The van der Waals surface area contributed by atoms with E-state index >= 15 is 0 Å². The highest BCUT2D eigenvalue weighted by molar-refractivity contribution is 5.88. The predicted octanol–water partition coefficient (Wildman–Crippen LogP) is 4.27. The Balaban J connectivity index is 1.93. The second-order valence-corrected chi connectivity index (χ2v) is 5.73. The van der Waals surface area contributed by atoms with E-state index in [2.05, 4.69) is 0 Å². The largest absolute Gasteiger partial charge is 0.447 e. The molecule has 3 aromatic rings. The third-order valence-electron chi connectivity index (χ3n) is 4.44. The lowest BCUT2D eigenvalue weighted by molar-refractivity contribution is -0.193. The van der Waals surface area contributed by atoms with Gasteiger partial charge in [-0.2, -0.15) is 0 Å². The van der Waals surface area contributed by atoms with E-state index < -0.39 is 5.60 Å². The number of hydrogen-bond acceptors (Lipinski definition) is 2. The zero-order valence-corrected chi connectivity index (χ0v) is 12.6. The van der Waals surface area contributed by atoms with Gasteiger partial charge in [-0.1, -0.05) is 91.0 Å². The number of benzene rings is 3. The van der Waals surface area contributed by atoms with Crippen LogP contribution in [0.4, 0.5) is 0 Å². The maximum atomic E-state index is 12.4. The van der Waals surface area contributed by atoms with Crippen molar-refractivity contribution in [3.8, 4) is 0 Å². The molecule has 1 aliphatic rings. The van der Waals surface area contributed by atoms with Gasteiger partial charge in [0, 0.05) is 11.1 Å². The van der Waals surface area contributed by atoms with Gasteiger partial charge in [-0.3, -0.25) is 4.79 Å². The van der Waals surface area contributed by atoms with Gasteiger partial charge in [-0.15, -0.1) is 0 Å². The van der Waals surface area contributed by atoms with Crippen LogP contribution in [0.1, 0.15) is 22.6 Å². The third-order valence-corrected chi connectivity index (χ3v) is 4.44. The lowest BCUT2D eigenvalue weighted by atomic mass is 9.69. The van der Waals surface area contributed by atoms with Crippen LogP contribution in [0.25, 0.3) is 0 Å². The van der Waals surface area contributed by atoms with Crippen molar-refractivity contribution in [2.45, 2.75) is 11.5 Å². The molecule has 1 atom stereocenters. The molecule has 1 saturated heterocycles. The van der Waals surface area contributed by atoms with Crippen molar-refractivity contribution in [3.05, 3.63) is 108 Å². The molecule has 1 fully saturated rings. The van der Waals surface area contributed by atoms with Crippen LogP contribution in [0.2, 0.25) is 0 Å². The maximum absolute atomic E-state index is 12.4. The van der Waals surface area contributed by atoms with Crippen molar-refractivity contribution in [2.24, 2.45) is 0 Å². The summed E-state index contributed by atoms with van der Waals surface area (Å²) >= 11 is 0. The van der Waals surface area contributed by atoms with Gasteiger partial charge in [0.15, 0.2) is 5.60 Å². The minimum atomic E-state index is -0.749. The highest BCUT2D eigenvalue weighted by atomic mass is 16.6. The Morgan fingerprint density at radius 2 is 1.09 bits per heavy atom. The van der Waals surface area contributed by atoms with Crippen LogP contribution < -0.4 is 0 Å². The molecule has 0 saturated carbocycles. The topological polar surface area (TPSA) is 26.3 Å². The van der Waals surface area contributed by atoms with Crippen LogP contribution in [0.15, 0.2) is 91.0 Å². The van der Waals surface area contributed by atoms with E-state index in [1.807, 2.05) is 91.0 Å². The minimum Gasteiger partial charge on any atom is -0.447 e. The first-order chi connectivity index (χ1) is 11.3. The van der Waals surface area contributed by atoms with Crippen molar-refractivity contribution in [3.63, 3.8) is 0 Å². The highest BCUT2D eigenvalue weighted by Gasteiger charge is 2.59. The average Bonchev–Trinajstić information content (AvgIpc) is 2.62. The summed E-state index contributed by atoms with van der Waals surface area (Å²) < 4.78 is 5.83. The van der Waals surface area contributed by atoms with E-state index in [1.54, 1.807) is 0 Å². The van der Waals surface area contributed by atoms with Gasteiger partial charge in [0.25, 0.3) is 0 Å². The zero-order chi connectivity index (χ0) is 15.7. The molecular formula is C21H16O2. The van der Waals surface area contributed by atoms with Crippen molar-refractivity contribution < 1.29 is 9.53 Å². The molecule has 0 spiro atoms. The minimum absolute atomic E-state index is 0.177. The Morgan fingerprint density at radius 3 is 1.52 bits per heavy atom. The molecule has 4 rings (SSSR count). The van der Waals surface area contributed by atoms with Crippen LogP contribution >= 0.6 is 0 Å². The van der Waals surface area contributed by atoms with Crippen molar-refractivity contribution in [1.29, 1.82) is 0 Å². The van der Waals surface area contributed by atoms with Crippen LogP contribution in [0.3, 0.4) is 0 Å². The van der Waals surface area contributed by atoms with Crippen LogP contribution in [-0.2, 0) is 15.1 Å². The summed E-state index contributed by atoms with van der Waals surface area (Å²) in [4.78, 5) is 12.4. The Morgan fingerprint density at radius 1 is 0.652 bits per heavy atom. The summed E-state index contributed by atoms with van der Waals surface area (Å²) in [5.41, 5.74) is 2.23. The molecule has 112 valence electrons. The van der Waals surface area contributed by atoms with Gasteiger partial charge in [0.1, 0.15) is 5.92 Å². The number of esters is 1. The lowest BCUT2D eigenvalue weighted by Gasteiger charge is -2.48. The monoisotopic (exact) mass is 300 g/mol. The number of carbonyl (C=O) groups excluding carboxylic acids is 1. The van der Waals surface area contributed by atoms with Gasteiger partial charge in [0.2, 0.25) is 0 Å². The number of carbonyl (C=O) groups is 1. The van der Waals surface area contributed by atoms with E-state index in [0.29, 0.717) is 0 Å². The number of hydrogen-bond donors (Lipinski definition) is 0. The second-order valence-electron chi connectivity index (χ2n) is 5.73. The van der Waals surface area contributed by atoms with E-state index in [1.165, 1.54) is 0 Å². The quantitative estimate of drug-likeness (QED) is 0.675. The van der Waals surface area contributed by atoms with E-state index in [0.717, 1.165) is 16.7 Å². The van der Waals surface area contributed by atoms with Crippen LogP contribution in [0.5, 0.6) is 0 Å². The van der Waals surface area contributed by atoms with E-state index in [4.69, 9.17) is 4.74 Å². The number of ether oxygens (including phenoxy) is 1. The summed E-state index contributed by atoms with van der Waals surface area (Å²) in [6, 6.07) is 29.8. The average molecular weight is 300 g/mol. The summed E-state index contributed by atoms with van der Waals surface area (Å²) in [6.45, 7) is 0. The normalized spacial score (nSPS) is 18.8. The summed E-state index contributed by atoms with van der Waals surface area (Å²) in [5.74, 6) is -0.502. The smallest absolute Gasteiger partial charge is 0.319 e. The first-order valence-electron chi connectivity index (χ1n) is 7.71. The number of cyclic esters (lactones) is 1. The van der Waals surface area contributed by atoms with Crippen molar-refractivity contribution >= 4 is 5.97 Å². The van der Waals surface area contributed by atoms with Gasteiger partial charge in [-0.25, -0.2) is 0 Å². The summed E-state index contributed by atoms with van der Waals surface area (Å²) in [5, 5.41) is 0. The zero-order valence-electron chi connectivity index (χ0n) is 12.6. The highest BCUT2D eigenvalue weighted by Crippen LogP contribution is 2.53. The Bertz CT molecular complexity index is 771. The molecule has 2 nitrogen and oxygen atoms in total. The van der Waals surface area contributed by atoms with Crippen molar-refractivity contribution in [1.82, 2.24) is 0 Å². The molecule has 2 heteroatoms. The molecular weight excluding hydrogens is 284 g/mol.